The van der Waals surface area contributed by atoms with Crippen molar-refractivity contribution in [1.29, 1.82) is 0 Å². The predicted molar refractivity (Wildman–Crippen MR) is 80.6 cm³/mol. The number of hydrogen-bond donors (Lipinski definition) is 2. The molecule has 1 aromatic rings. The van der Waals surface area contributed by atoms with Gasteiger partial charge in [0.25, 0.3) is 5.91 Å². The van der Waals surface area contributed by atoms with Crippen molar-refractivity contribution in [3.63, 3.8) is 0 Å². The van der Waals surface area contributed by atoms with E-state index < -0.39 is 11.5 Å². The summed E-state index contributed by atoms with van der Waals surface area (Å²) in [6.07, 6.45) is 2.46. The second-order valence-electron chi connectivity index (χ2n) is 5.17. The van der Waals surface area contributed by atoms with Crippen molar-refractivity contribution in [2.24, 2.45) is 0 Å². The summed E-state index contributed by atoms with van der Waals surface area (Å²) in [7, 11) is 0. The van der Waals surface area contributed by atoms with Crippen LogP contribution in [0.2, 0.25) is 0 Å². The molecule has 2 rings (SSSR count). The predicted octanol–water partition coefficient (Wildman–Crippen LogP) is 2.35. The van der Waals surface area contributed by atoms with Gasteiger partial charge in [0.15, 0.2) is 0 Å². The first-order chi connectivity index (χ1) is 9.44. The average Bonchev–Trinajstić information content (AvgIpc) is 2.89. The summed E-state index contributed by atoms with van der Waals surface area (Å²) in [5.41, 5.74) is -1.12. The maximum atomic E-state index is 12.2. The van der Waals surface area contributed by atoms with Crippen LogP contribution in [0.5, 0.6) is 0 Å². The first-order valence-electron chi connectivity index (χ1n) is 6.54. The molecule has 0 saturated carbocycles. The zero-order valence-corrected chi connectivity index (χ0v) is 13.1. The van der Waals surface area contributed by atoms with Crippen molar-refractivity contribution in [2.75, 3.05) is 11.5 Å². The van der Waals surface area contributed by atoms with Crippen LogP contribution in [0.25, 0.3) is 0 Å². The van der Waals surface area contributed by atoms with Gasteiger partial charge in [0.1, 0.15) is 10.4 Å². The van der Waals surface area contributed by atoms with Gasteiger partial charge in [0, 0.05) is 5.92 Å². The Kier molecular flexibility index (Phi) is 4.70. The Morgan fingerprint density at radius 1 is 1.40 bits per heavy atom. The number of aromatic nitrogens is 1. The summed E-state index contributed by atoms with van der Waals surface area (Å²) in [5.74, 6) is 0.503. The third-order valence-corrected chi connectivity index (χ3v) is 5.63. The van der Waals surface area contributed by atoms with E-state index in [1.165, 1.54) is 17.5 Å². The molecule has 7 heteroatoms. The zero-order valence-electron chi connectivity index (χ0n) is 11.5. The number of carbonyl (C=O) groups is 2. The van der Waals surface area contributed by atoms with Crippen LogP contribution >= 0.6 is 23.1 Å². The van der Waals surface area contributed by atoms with Gasteiger partial charge in [-0.05, 0) is 24.3 Å². The van der Waals surface area contributed by atoms with Gasteiger partial charge in [0.2, 0.25) is 0 Å². The smallest absolute Gasteiger partial charge is 0.329 e. The molecule has 0 radical (unpaired) electrons. The van der Waals surface area contributed by atoms with Gasteiger partial charge in [-0.15, -0.1) is 11.3 Å². The normalized spacial score (nSPS) is 17.9. The quantitative estimate of drug-likeness (QED) is 0.892. The third-order valence-electron chi connectivity index (χ3n) is 3.35. The molecule has 0 atom stereocenters. The maximum absolute atomic E-state index is 12.2. The zero-order chi connectivity index (χ0) is 14.8. The van der Waals surface area contributed by atoms with Crippen LogP contribution in [-0.4, -0.2) is 39.0 Å². The molecule has 0 unspecified atom stereocenters. The molecule has 20 heavy (non-hydrogen) atoms. The van der Waals surface area contributed by atoms with Crippen molar-refractivity contribution in [2.45, 2.75) is 38.1 Å². The summed E-state index contributed by atoms with van der Waals surface area (Å²) < 4.78 is 0. The number of thioether (sulfide) groups is 1. The van der Waals surface area contributed by atoms with Gasteiger partial charge < -0.3 is 10.4 Å². The number of nitrogens with one attached hydrogen (secondary N) is 1. The number of aliphatic carboxylic acids is 1. The lowest BCUT2D eigenvalue weighted by molar-refractivity contribution is -0.144. The van der Waals surface area contributed by atoms with Crippen molar-refractivity contribution >= 4 is 35.0 Å². The minimum absolute atomic E-state index is 0.265. The second kappa shape index (κ2) is 6.13. The molecule has 1 fully saturated rings. The van der Waals surface area contributed by atoms with E-state index in [2.05, 4.69) is 10.3 Å². The fraction of sp³-hybridized carbons (Fsp3) is 0.615. The first kappa shape index (κ1) is 15.3. The number of rotatable bonds is 4. The van der Waals surface area contributed by atoms with Crippen LogP contribution < -0.4 is 5.32 Å². The van der Waals surface area contributed by atoms with Crippen molar-refractivity contribution < 1.29 is 14.7 Å². The molecule has 5 nitrogen and oxygen atoms in total. The summed E-state index contributed by atoms with van der Waals surface area (Å²) in [4.78, 5) is 28.5. The summed E-state index contributed by atoms with van der Waals surface area (Å²) in [6.45, 7) is 4.02. The molecule has 1 amide bonds. The molecule has 0 aliphatic carbocycles. The number of hydrogen-bond acceptors (Lipinski definition) is 5. The monoisotopic (exact) mass is 314 g/mol. The number of carboxylic acid groups (broad SMARTS) is 1. The van der Waals surface area contributed by atoms with Gasteiger partial charge >= 0.3 is 5.97 Å². The summed E-state index contributed by atoms with van der Waals surface area (Å²) in [6, 6.07) is 0. The molecule has 1 aliphatic heterocycles. The molecule has 0 aromatic carbocycles. The SMILES string of the molecule is CC(C)c1ncc(C(=O)NC2(C(=O)O)CCSCC2)s1. The van der Waals surface area contributed by atoms with E-state index in [1.54, 1.807) is 11.8 Å². The van der Waals surface area contributed by atoms with E-state index in [0.717, 1.165) is 16.5 Å². The molecule has 1 aliphatic rings. The number of nitrogens with zero attached hydrogens (tertiary/aromatic N) is 1. The highest BCUT2D eigenvalue weighted by Gasteiger charge is 2.41. The molecule has 2 N–H and O–H groups in total. The van der Waals surface area contributed by atoms with E-state index >= 15 is 0 Å². The number of amides is 1. The Morgan fingerprint density at radius 3 is 2.55 bits per heavy atom. The highest BCUT2D eigenvalue weighted by molar-refractivity contribution is 7.99. The molecular weight excluding hydrogens is 296 g/mol. The Morgan fingerprint density at radius 2 is 2.05 bits per heavy atom. The van der Waals surface area contributed by atoms with Crippen LogP contribution in [0.3, 0.4) is 0 Å². The fourth-order valence-corrected chi connectivity index (χ4v) is 4.06. The summed E-state index contributed by atoms with van der Waals surface area (Å²) in [5, 5.41) is 13.0. The van der Waals surface area contributed by atoms with Crippen LogP contribution in [0, 0.1) is 0 Å². The lowest BCUT2D eigenvalue weighted by atomic mass is 9.92. The second-order valence-corrected chi connectivity index (χ2v) is 7.46. The maximum Gasteiger partial charge on any atom is 0.329 e. The van der Waals surface area contributed by atoms with Crippen LogP contribution in [0.4, 0.5) is 0 Å². The van der Waals surface area contributed by atoms with Gasteiger partial charge in [-0.25, -0.2) is 9.78 Å². The van der Waals surface area contributed by atoms with Crippen molar-refractivity contribution in [3.8, 4) is 0 Å². The highest BCUT2D eigenvalue weighted by Crippen LogP contribution is 2.28. The lowest BCUT2D eigenvalue weighted by Gasteiger charge is -2.33. The van der Waals surface area contributed by atoms with E-state index in [0.29, 0.717) is 17.7 Å². The Labute approximate surface area is 126 Å². The molecule has 0 bridgehead atoms. The fourth-order valence-electron chi connectivity index (χ4n) is 2.05. The molecule has 110 valence electrons. The van der Waals surface area contributed by atoms with Gasteiger partial charge in [0.05, 0.1) is 11.2 Å². The molecule has 0 spiro atoms. The molecular formula is C13H18N2O3S2. The topological polar surface area (TPSA) is 79.3 Å². The van der Waals surface area contributed by atoms with E-state index in [9.17, 15) is 14.7 Å². The Hall–Kier alpha value is -1.08. The van der Waals surface area contributed by atoms with Gasteiger partial charge in [-0.2, -0.15) is 11.8 Å². The highest BCUT2D eigenvalue weighted by atomic mass is 32.2. The van der Waals surface area contributed by atoms with Crippen molar-refractivity contribution in [3.05, 3.63) is 16.1 Å². The van der Waals surface area contributed by atoms with Crippen LogP contribution in [0.15, 0.2) is 6.20 Å². The number of carbonyl (C=O) groups excluding carboxylic acids is 1. The number of thiazole rings is 1. The summed E-state index contributed by atoms with van der Waals surface area (Å²) >= 11 is 3.05. The van der Waals surface area contributed by atoms with Crippen LogP contribution in [0.1, 0.15) is 47.3 Å². The van der Waals surface area contributed by atoms with Gasteiger partial charge in [-0.3, -0.25) is 4.79 Å². The Bertz CT molecular complexity index is 507. The van der Waals surface area contributed by atoms with E-state index in [1.807, 2.05) is 13.8 Å². The largest absolute Gasteiger partial charge is 0.480 e. The minimum atomic E-state index is -1.12. The molecule has 2 heterocycles. The van der Waals surface area contributed by atoms with Crippen molar-refractivity contribution in [1.82, 2.24) is 10.3 Å². The third kappa shape index (κ3) is 3.15. The average molecular weight is 314 g/mol. The molecule has 1 aromatic heterocycles. The lowest BCUT2D eigenvalue weighted by Crippen LogP contribution is -2.56. The van der Waals surface area contributed by atoms with E-state index in [4.69, 9.17) is 0 Å². The van der Waals surface area contributed by atoms with E-state index in [-0.39, 0.29) is 11.8 Å². The number of carboxylic acids is 1. The minimum Gasteiger partial charge on any atom is -0.480 e. The van der Waals surface area contributed by atoms with Gasteiger partial charge in [-0.1, -0.05) is 13.8 Å². The first-order valence-corrected chi connectivity index (χ1v) is 8.51. The standard InChI is InChI=1S/C13H18N2O3S2/c1-8(2)11-14-7-9(20-11)10(16)15-13(12(17)18)3-5-19-6-4-13/h7-8H,3-6H2,1-2H3,(H,15,16)(H,17,18). The van der Waals surface area contributed by atoms with Crippen LogP contribution in [-0.2, 0) is 4.79 Å². The molecule has 1 saturated heterocycles. The Balaban J connectivity index is 2.13.